The van der Waals surface area contributed by atoms with E-state index in [1.54, 1.807) is 4.90 Å². The van der Waals surface area contributed by atoms with Crippen LogP contribution >= 0.6 is 15.9 Å². The Morgan fingerprint density at radius 3 is 2.95 bits per heavy atom. The molecule has 19 heavy (non-hydrogen) atoms. The highest BCUT2D eigenvalue weighted by molar-refractivity contribution is 9.09. The van der Waals surface area contributed by atoms with Crippen molar-refractivity contribution in [1.82, 2.24) is 4.90 Å². The molecule has 5 heteroatoms. The molecular formula is C14H18BrNO3. The summed E-state index contributed by atoms with van der Waals surface area (Å²) < 4.78 is 0. The first-order chi connectivity index (χ1) is 9.11. The highest BCUT2D eigenvalue weighted by atomic mass is 79.9. The third-order valence-corrected chi connectivity index (χ3v) is 3.99. The normalized spacial score (nSPS) is 19.4. The molecule has 1 heterocycles. The smallest absolute Gasteiger partial charge is 0.257 e. The first-order valence-corrected chi connectivity index (χ1v) is 7.61. The van der Waals surface area contributed by atoms with Crippen LogP contribution in [0.5, 0.6) is 11.5 Å². The van der Waals surface area contributed by atoms with Crippen LogP contribution in [0.4, 0.5) is 0 Å². The molecule has 0 bridgehead atoms. The van der Waals surface area contributed by atoms with Gasteiger partial charge in [-0.1, -0.05) is 15.9 Å². The topological polar surface area (TPSA) is 60.8 Å². The summed E-state index contributed by atoms with van der Waals surface area (Å²) in [6.07, 6.45) is 3.18. The molecule has 1 aliphatic rings. The first-order valence-electron chi connectivity index (χ1n) is 6.49. The van der Waals surface area contributed by atoms with Gasteiger partial charge in [-0.3, -0.25) is 4.79 Å². The summed E-state index contributed by atoms with van der Waals surface area (Å²) >= 11 is 3.43. The minimum Gasteiger partial charge on any atom is -0.508 e. The fraction of sp³-hybridized carbons (Fsp3) is 0.500. The number of carbonyl (C=O) groups excluding carboxylic acids is 1. The van der Waals surface area contributed by atoms with Crippen molar-refractivity contribution in [1.29, 1.82) is 0 Å². The maximum atomic E-state index is 12.4. The quantitative estimate of drug-likeness (QED) is 0.662. The Morgan fingerprint density at radius 1 is 1.42 bits per heavy atom. The third kappa shape index (κ3) is 3.41. The Hall–Kier alpha value is -1.23. The van der Waals surface area contributed by atoms with Gasteiger partial charge >= 0.3 is 0 Å². The molecule has 0 aromatic heterocycles. The van der Waals surface area contributed by atoms with Crippen molar-refractivity contribution in [3.63, 3.8) is 0 Å². The van der Waals surface area contributed by atoms with E-state index >= 15 is 0 Å². The van der Waals surface area contributed by atoms with E-state index in [1.807, 2.05) is 0 Å². The number of phenolic OH excluding ortho intramolecular Hbond substituents is 2. The molecule has 0 aliphatic carbocycles. The summed E-state index contributed by atoms with van der Waals surface area (Å²) in [5.41, 5.74) is 0.180. The van der Waals surface area contributed by atoms with Crippen molar-refractivity contribution < 1.29 is 15.0 Å². The van der Waals surface area contributed by atoms with Gasteiger partial charge < -0.3 is 15.1 Å². The van der Waals surface area contributed by atoms with Crippen molar-refractivity contribution in [2.45, 2.75) is 19.3 Å². The van der Waals surface area contributed by atoms with E-state index in [9.17, 15) is 15.0 Å². The van der Waals surface area contributed by atoms with E-state index < -0.39 is 0 Å². The van der Waals surface area contributed by atoms with Gasteiger partial charge in [-0.05, 0) is 43.4 Å². The highest BCUT2D eigenvalue weighted by Crippen LogP contribution is 2.27. The molecule has 1 amide bonds. The largest absolute Gasteiger partial charge is 0.508 e. The number of aromatic hydroxyl groups is 2. The van der Waals surface area contributed by atoms with Gasteiger partial charge in [0.15, 0.2) is 0 Å². The maximum absolute atomic E-state index is 12.4. The number of amides is 1. The van der Waals surface area contributed by atoms with E-state index in [0.717, 1.165) is 31.1 Å². The lowest BCUT2D eigenvalue weighted by Gasteiger charge is -2.32. The maximum Gasteiger partial charge on any atom is 0.257 e. The second kappa shape index (κ2) is 6.28. The standard InChI is InChI=1S/C14H18BrNO3/c15-6-5-10-2-1-7-16(9-10)14(19)12-8-11(17)3-4-13(12)18/h3-4,8,10,17-18H,1-2,5-7,9H2. The van der Waals surface area contributed by atoms with Crippen molar-refractivity contribution in [3.8, 4) is 11.5 Å². The molecular weight excluding hydrogens is 310 g/mol. The average molecular weight is 328 g/mol. The lowest BCUT2D eigenvalue weighted by molar-refractivity contribution is 0.0668. The van der Waals surface area contributed by atoms with E-state index in [-0.39, 0.29) is 23.0 Å². The number of carbonyl (C=O) groups is 1. The molecule has 1 unspecified atom stereocenters. The number of benzene rings is 1. The number of piperidine rings is 1. The van der Waals surface area contributed by atoms with E-state index in [2.05, 4.69) is 15.9 Å². The number of halogens is 1. The fourth-order valence-electron chi connectivity index (χ4n) is 2.51. The third-order valence-electron chi connectivity index (χ3n) is 3.53. The van der Waals surface area contributed by atoms with Gasteiger partial charge in [0.05, 0.1) is 5.56 Å². The van der Waals surface area contributed by atoms with Crippen LogP contribution in [0.25, 0.3) is 0 Å². The summed E-state index contributed by atoms with van der Waals surface area (Å²) in [5.74, 6) is 0.227. The summed E-state index contributed by atoms with van der Waals surface area (Å²) in [4.78, 5) is 14.1. The number of rotatable bonds is 3. The zero-order valence-corrected chi connectivity index (χ0v) is 12.3. The van der Waals surface area contributed by atoms with Gasteiger partial charge in [0.2, 0.25) is 0 Å². The Bertz CT molecular complexity index is 462. The van der Waals surface area contributed by atoms with Crippen LogP contribution in [-0.2, 0) is 0 Å². The van der Waals surface area contributed by atoms with Crippen molar-refractivity contribution >= 4 is 21.8 Å². The summed E-state index contributed by atoms with van der Waals surface area (Å²) in [7, 11) is 0. The van der Waals surface area contributed by atoms with Gasteiger partial charge in [0.1, 0.15) is 11.5 Å². The molecule has 1 fully saturated rings. The predicted octanol–water partition coefficient (Wildman–Crippen LogP) is 2.74. The molecule has 2 N–H and O–H groups in total. The summed E-state index contributed by atoms with van der Waals surface area (Å²) in [5, 5.41) is 20.1. The number of hydrogen-bond donors (Lipinski definition) is 2. The SMILES string of the molecule is O=C(c1cc(O)ccc1O)N1CCCC(CCBr)C1. The summed E-state index contributed by atoms with van der Waals surface area (Å²) in [6, 6.07) is 4.05. The van der Waals surface area contributed by atoms with E-state index in [1.165, 1.54) is 18.2 Å². The molecule has 1 aromatic rings. The van der Waals surface area contributed by atoms with Crippen LogP contribution in [0, 0.1) is 5.92 Å². The Morgan fingerprint density at radius 2 is 2.21 bits per heavy atom. The Labute approximate surface area is 121 Å². The molecule has 1 atom stereocenters. The lowest BCUT2D eigenvalue weighted by Crippen LogP contribution is -2.40. The number of likely N-dealkylation sites (tertiary alicyclic amines) is 1. The van der Waals surface area contributed by atoms with E-state index in [4.69, 9.17) is 0 Å². The Kier molecular flexibility index (Phi) is 4.69. The van der Waals surface area contributed by atoms with Gasteiger partial charge in [-0.25, -0.2) is 0 Å². The lowest BCUT2D eigenvalue weighted by atomic mass is 9.95. The second-order valence-electron chi connectivity index (χ2n) is 4.94. The van der Waals surface area contributed by atoms with Gasteiger partial charge in [0, 0.05) is 18.4 Å². The number of hydrogen-bond acceptors (Lipinski definition) is 3. The van der Waals surface area contributed by atoms with Gasteiger partial charge in [-0.2, -0.15) is 0 Å². The molecule has 2 rings (SSSR count). The average Bonchev–Trinajstić information content (AvgIpc) is 2.41. The molecule has 0 spiro atoms. The Balaban J connectivity index is 2.12. The molecule has 0 radical (unpaired) electrons. The molecule has 104 valence electrons. The minimum absolute atomic E-state index is 0.00447. The first kappa shape index (κ1) is 14.2. The molecule has 1 aliphatic heterocycles. The van der Waals surface area contributed by atoms with Crippen LogP contribution in [0.1, 0.15) is 29.6 Å². The monoisotopic (exact) mass is 327 g/mol. The zero-order chi connectivity index (χ0) is 13.8. The van der Waals surface area contributed by atoms with Gasteiger partial charge in [-0.15, -0.1) is 0 Å². The summed E-state index contributed by atoms with van der Waals surface area (Å²) in [6.45, 7) is 1.44. The highest BCUT2D eigenvalue weighted by Gasteiger charge is 2.25. The van der Waals surface area contributed by atoms with Crippen LogP contribution in [-0.4, -0.2) is 39.4 Å². The molecule has 1 aromatic carbocycles. The van der Waals surface area contributed by atoms with Crippen LogP contribution < -0.4 is 0 Å². The van der Waals surface area contributed by atoms with Crippen LogP contribution in [0.2, 0.25) is 0 Å². The van der Waals surface area contributed by atoms with E-state index in [0.29, 0.717) is 12.5 Å². The van der Waals surface area contributed by atoms with Crippen molar-refractivity contribution in [2.24, 2.45) is 5.92 Å². The number of nitrogens with zero attached hydrogens (tertiary/aromatic N) is 1. The van der Waals surface area contributed by atoms with Crippen molar-refractivity contribution in [2.75, 3.05) is 18.4 Å². The van der Waals surface area contributed by atoms with Crippen molar-refractivity contribution in [3.05, 3.63) is 23.8 Å². The number of phenols is 2. The van der Waals surface area contributed by atoms with Crippen LogP contribution in [0.3, 0.4) is 0 Å². The minimum atomic E-state index is -0.201. The zero-order valence-electron chi connectivity index (χ0n) is 10.7. The predicted molar refractivity (Wildman–Crippen MR) is 76.8 cm³/mol. The van der Waals surface area contributed by atoms with Crippen LogP contribution in [0.15, 0.2) is 18.2 Å². The molecule has 4 nitrogen and oxygen atoms in total. The molecule has 0 saturated carbocycles. The second-order valence-corrected chi connectivity index (χ2v) is 5.73. The molecule has 1 saturated heterocycles. The fourth-order valence-corrected chi connectivity index (χ4v) is 3.15. The van der Waals surface area contributed by atoms with Gasteiger partial charge in [0.25, 0.3) is 5.91 Å². The number of alkyl halides is 1.